The van der Waals surface area contributed by atoms with E-state index in [0.29, 0.717) is 24.2 Å². The second kappa shape index (κ2) is 6.10. The maximum Gasteiger partial charge on any atom is 0.393 e. The Morgan fingerprint density at radius 2 is 2.09 bits per heavy atom. The summed E-state index contributed by atoms with van der Waals surface area (Å²) in [6.07, 6.45) is -2.68. The maximum absolute atomic E-state index is 12.8. The molecule has 1 aliphatic rings. The summed E-state index contributed by atoms with van der Waals surface area (Å²) in [6.45, 7) is 2.96. The molecule has 1 aromatic rings. The number of piperidine rings is 1. The predicted molar refractivity (Wildman–Crippen MR) is 73.3 cm³/mol. The first-order valence-electron chi connectivity index (χ1n) is 7.07. The van der Waals surface area contributed by atoms with Crippen molar-refractivity contribution in [2.24, 2.45) is 5.92 Å². The molecule has 0 spiro atoms. The Labute approximate surface area is 125 Å². The minimum atomic E-state index is -4.29. The first-order chi connectivity index (χ1) is 10.2. The lowest BCUT2D eigenvalue weighted by Crippen LogP contribution is -2.46. The number of aryl methyl sites for hydroxylation is 1. The molecule has 1 unspecified atom stereocenters. The number of amides is 1. The summed E-state index contributed by atoms with van der Waals surface area (Å²) in [4.78, 5) is 29.4. The lowest BCUT2D eigenvalue weighted by Gasteiger charge is -2.33. The van der Waals surface area contributed by atoms with E-state index < -0.39 is 18.0 Å². The van der Waals surface area contributed by atoms with Gasteiger partial charge in [0, 0.05) is 24.3 Å². The molecular weight excluding hydrogens is 299 g/mol. The fourth-order valence-corrected chi connectivity index (χ4v) is 2.50. The summed E-state index contributed by atoms with van der Waals surface area (Å²) >= 11 is 0. The standard InChI is InChI=1S/C14H18F3N3O2/c1-9-10(2)18-8-20(13(9)22)7-12(21)19-5-3-4-11(6-19)14(15,16)17/h8,11H,3-7H2,1-2H3. The van der Waals surface area contributed by atoms with Gasteiger partial charge < -0.3 is 4.90 Å². The Kier molecular flexibility index (Phi) is 4.58. The maximum atomic E-state index is 12.8. The van der Waals surface area contributed by atoms with E-state index in [1.807, 2.05) is 0 Å². The number of aromatic nitrogens is 2. The normalized spacial score (nSPS) is 19.3. The van der Waals surface area contributed by atoms with Crippen molar-refractivity contribution >= 4 is 5.91 Å². The smallest absolute Gasteiger partial charge is 0.341 e. The average Bonchev–Trinajstić information content (AvgIpc) is 2.47. The van der Waals surface area contributed by atoms with Crippen LogP contribution in [-0.4, -0.2) is 39.6 Å². The van der Waals surface area contributed by atoms with Gasteiger partial charge in [-0.05, 0) is 26.7 Å². The molecule has 1 atom stereocenters. The van der Waals surface area contributed by atoms with Crippen LogP contribution in [0.25, 0.3) is 0 Å². The third-order valence-corrected chi connectivity index (χ3v) is 4.06. The number of carbonyl (C=O) groups excluding carboxylic acids is 1. The van der Waals surface area contributed by atoms with Crippen molar-refractivity contribution in [3.8, 4) is 0 Å². The van der Waals surface area contributed by atoms with Gasteiger partial charge in [0.1, 0.15) is 6.54 Å². The van der Waals surface area contributed by atoms with Crippen molar-refractivity contribution in [2.75, 3.05) is 13.1 Å². The van der Waals surface area contributed by atoms with Crippen molar-refractivity contribution < 1.29 is 18.0 Å². The lowest BCUT2D eigenvalue weighted by atomic mass is 9.97. The van der Waals surface area contributed by atoms with Crippen molar-refractivity contribution in [3.05, 3.63) is 27.9 Å². The molecule has 8 heteroatoms. The lowest BCUT2D eigenvalue weighted by molar-refractivity contribution is -0.188. The van der Waals surface area contributed by atoms with Gasteiger partial charge in [-0.25, -0.2) is 4.98 Å². The highest BCUT2D eigenvalue weighted by Crippen LogP contribution is 2.33. The van der Waals surface area contributed by atoms with Gasteiger partial charge in [-0.2, -0.15) is 13.2 Å². The molecule has 0 bridgehead atoms. The number of likely N-dealkylation sites (tertiary alicyclic amines) is 1. The molecule has 1 fully saturated rings. The van der Waals surface area contributed by atoms with Crippen LogP contribution in [0.2, 0.25) is 0 Å². The zero-order valence-corrected chi connectivity index (χ0v) is 12.5. The molecule has 0 saturated carbocycles. The number of nitrogens with zero attached hydrogens (tertiary/aromatic N) is 3. The summed E-state index contributed by atoms with van der Waals surface area (Å²) in [5.74, 6) is -1.97. The Hall–Kier alpha value is -1.86. The second-order valence-corrected chi connectivity index (χ2v) is 5.61. The molecule has 0 aliphatic carbocycles. The fourth-order valence-electron chi connectivity index (χ4n) is 2.50. The SMILES string of the molecule is Cc1ncn(CC(=O)N2CCCC(C(F)(F)F)C2)c(=O)c1C. The predicted octanol–water partition coefficient (Wildman–Crippen LogP) is 1.66. The summed E-state index contributed by atoms with van der Waals surface area (Å²) < 4.78 is 39.4. The summed E-state index contributed by atoms with van der Waals surface area (Å²) in [7, 11) is 0. The van der Waals surface area contributed by atoms with Crippen molar-refractivity contribution in [1.82, 2.24) is 14.5 Å². The highest BCUT2D eigenvalue weighted by molar-refractivity contribution is 5.76. The molecular formula is C14H18F3N3O2. The average molecular weight is 317 g/mol. The van der Waals surface area contributed by atoms with E-state index in [9.17, 15) is 22.8 Å². The number of hydrogen-bond donors (Lipinski definition) is 0. The number of rotatable bonds is 2. The molecule has 1 saturated heterocycles. The summed E-state index contributed by atoms with van der Waals surface area (Å²) in [5.41, 5.74) is 0.663. The summed E-state index contributed by atoms with van der Waals surface area (Å²) in [5, 5.41) is 0. The van der Waals surface area contributed by atoms with E-state index >= 15 is 0 Å². The molecule has 22 heavy (non-hydrogen) atoms. The second-order valence-electron chi connectivity index (χ2n) is 5.61. The van der Waals surface area contributed by atoms with Crippen LogP contribution < -0.4 is 5.56 Å². The number of halogens is 3. The molecule has 0 N–H and O–H groups in total. The molecule has 5 nitrogen and oxygen atoms in total. The van der Waals surface area contributed by atoms with Crippen LogP contribution >= 0.6 is 0 Å². The molecule has 2 heterocycles. The van der Waals surface area contributed by atoms with Crippen LogP contribution in [0.4, 0.5) is 13.2 Å². The van der Waals surface area contributed by atoms with Gasteiger partial charge in [0.2, 0.25) is 5.91 Å². The van der Waals surface area contributed by atoms with Crippen LogP contribution in [-0.2, 0) is 11.3 Å². The zero-order valence-electron chi connectivity index (χ0n) is 12.5. The Balaban J connectivity index is 2.10. The van der Waals surface area contributed by atoms with Crippen molar-refractivity contribution in [2.45, 2.75) is 39.4 Å². The Bertz CT molecular complexity index is 625. The third-order valence-electron chi connectivity index (χ3n) is 4.06. The van der Waals surface area contributed by atoms with E-state index in [1.54, 1.807) is 13.8 Å². The van der Waals surface area contributed by atoms with Crippen LogP contribution in [0.15, 0.2) is 11.1 Å². The molecule has 0 aromatic carbocycles. The van der Waals surface area contributed by atoms with E-state index in [4.69, 9.17) is 0 Å². The van der Waals surface area contributed by atoms with Crippen LogP contribution in [0.1, 0.15) is 24.1 Å². The van der Waals surface area contributed by atoms with Crippen LogP contribution in [0.3, 0.4) is 0 Å². The number of carbonyl (C=O) groups is 1. The molecule has 122 valence electrons. The topological polar surface area (TPSA) is 55.2 Å². The molecule has 1 aliphatic heterocycles. The summed E-state index contributed by atoms with van der Waals surface area (Å²) in [6, 6.07) is 0. The Morgan fingerprint density at radius 1 is 1.41 bits per heavy atom. The number of hydrogen-bond acceptors (Lipinski definition) is 3. The molecule has 2 rings (SSSR count). The highest BCUT2D eigenvalue weighted by atomic mass is 19.4. The molecule has 1 amide bonds. The van der Waals surface area contributed by atoms with Gasteiger partial charge in [0.15, 0.2) is 0 Å². The third kappa shape index (κ3) is 3.48. The van der Waals surface area contributed by atoms with E-state index in [0.717, 1.165) is 4.57 Å². The van der Waals surface area contributed by atoms with Crippen molar-refractivity contribution in [1.29, 1.82) is 0 Å². The van der Waals surface area contributed by atoms with E-state index in [-0.39, 0.29) is 25.1 Å². The van der Waals surface area contributed by atoms with Gasteiger partial charge in [-0.15, -0.1) is 0 Å². The van der Waals surface area contributed by atoms with Gasteiger partial charge >= 0.3 is 6.18 Å². The largest absolute Gasteiger partial charge is 0.393 e. The molecule has 0 radical (unpaired) electrons. The van der Waals surface area contributed by atoms with Crippen LogP contribution in [0.5, 0.6) is 0 Å². The quantitative estimate of drug-likeness (QED) is 0.833. The molecule has 1 aromatic heterocycles. The minimum Gasteiger partial charge on any atom is -0.341 e. The zero-order chi connectivity index (χ0) is 16.5. The Morgan fingerprint density at radius 3 is 2.73 bits per heavy atom. The monoisotopic (exact) mass is 317 g/mol. The van der Waals surface area contributed by atoms with E-state index in [1.165, 1.54) is 11.2 Å². The number of alkyl halides is 3. The van der Waals surface area contributed by atoms with Crippen molar-refractivity contribution in [3.63, 3.8) is 0 Å². The highest BCUT2D eigenvalue weighted by Gasteiger charge is 2.42. The van der Waals surface area contributed by atoms with Gasteiger partial charge in [0.25, 0.3) is 5.56 Å². The van der Waals surface area contributed by atoms with Crippen LogP contribution in [0, 0.1) is 19.8 Å². The van der Waals surface area contributed by atoms with E-state index in [2.05, 4.69) is 4.98 Å². The van der Waals surface area contributed by atoms with Gasteiger partial charge in [-0.1, -0.05) is 0 Å². The first-order valence-corrected chi connectivity index (χ1v) is 7.07. The first kappa shape index (κ1) is 16.5. The van der Waals surface area contributed by atoms with Gasteiger partial charge in [0.05, 0.1) is 12.2 Å². The van der Waals surface area contributed by atoms with Gasteiger partial charge in [-0.3, -0.25) is 14.2 Å². The minimum absolute atomic E-state index is 0.0401. The fraction of sp³-hybridized carbons (Fsp3) is 0.643.